The van der Waals surface area contributed by atoms with Crippen LogP contribution in [-0.4, -0.2) is 17.4 Å². The summed E-state index contributed by atoms with van der Waals surface area (Å²) in [4.78, 5) is 16.2. The first-order chi connectivity index (χ1) is 7.72. The molecule has 16 heavy (non-hydrogen) atoms. The van der Waals surface area contributed by atoms with Crippen molar-refractivity contribution in [1.82, 2.24) is 4.98 Å². The predicted molar refractivity (Wildman–Crippen MR) is 64.5 cm³/mol. The minimum atomic E-state index is 0.0404. The van der Waals surface area contributed by atoms with E-state index in [1.165, 1.54) is 0 Å². The molecule has 1 atom stereocenters. The molecule has 0 aromatic carbocycles. The van der Waals surface area contributed by atoms with Crippen LogP contribution < -0.4 is 10.6 Å². The van der Waals surface area contributed by atoms with Gasteiger partial charge < -0.3 is 10.6 Å². The van der Waals surface area contributed by atoms with Crippen molar-refractivity contribution >= 4 is 17.4 Å². The van der Waals surface area contributed by atoms with E-state index < -0.39 is 0 Å². The Hall–Kier alpha value is -1.58. The molecule has 2 rings (SSSR count). The summed E-state index contributed by atoms with van der Waals surface area (Å²) in [5.74, 6) is 0.926. The first kappa shape index (κ1) is 10.9. The number of rotatable bonds is 2. The summed E-state index contributed by atoms with van der Waals surface area (Å²) in [5, 5.41) is 6.20. The van der Waals surface area contributed by atoms with Gasteiger partial charge in [0.1, 0.15) is 5.82 Å². The van der Waals surface area contributed by atoms with Crippen LogP contribution >= 0.6 is 0 Å². The number of aryl methyl sites for hydroxylation is 1. The summed E-state index contributed by atoms with van der Waals surface area (Å²) >= 11 is 0. The number of nitrogens with zero attached hydrogens (tertiary/aromatic N) is 1. The van der Waals surface area contributed by atoms with Crippen molar-refractivity contribution in [2.24, 2.45) is 5.92 Å². The molecule has 0 bridgehead atoms. The molecule has 1 aliphatic rings. The van der Waals surface area contributed by atoms with Crippen LogP contribution in [0.4, 0.5) is 11.5 Å². The van der Waals surface area contributed by atoms with Crippen LogP contribution in [0.25, 0.3) is 0 Å². The Morgan fingerprint density at radius 1 is 1.56 bits per heavy atom. The average molecular weight is 219 g/mol. The van der Waals surface area contributed by atoms with Gasteiger partial charge in [-0.1, -0.05) is 13.3 Å². The Labute approximate surface area is 95.5 Å². The van der Waals surface area contributed by atoms with Gasteiger partial charge in [0.2, 0.25) is 5.91 Å². The third-order valence-corrected chi connectivity index (χ3v) is 2.93. The topological polar surface area (TPSA) is 54.0 Å². The zero-order chi connectivity index (χ0) is 11.5. The van der Waals surface area contributed by atoms with Crippen molar-refractivity contribution < 1.29 is 4.79 Å². The highest BCUT2D eigenvalue weighted by atomic mass is 16.1. The lowest BCUT2D eigenvalue weighted by atomic mass is 10.0. The van der Waals surface area contributed by atoms with Gasteiger partial charge >= 0.3 is 0 Å². The molecule has 1 unspecified atom stereocenters. The van der Waals surface area contributed by atoms with Gasteiger partial charge in [0.05, 0.1) is 11.6 Å². The molecule has 0 saturated carbocycles. The number of aromatic nitrogens is 1. The van der Waals surface area contributed by atoms with Gasteiger partial charge in [-0.05, 0) is 25.0 Å². The van der Waals surface area contributed by atoms with Crippen molar-refractivity contribution in [3.63, 3.8) is 0 Å². The first-order valence-electron chi connectivity index (χ1n) is 5.72. The molecule has 0 saturated heterocycles. The van der Waals surface area contributed by atoms with Crippen LogP contribution in [0.3, 0.4) is 0 Å². The van der Waals surface area contributed by atoms with E-state index >= 15 is 0 Å². The smallest absolute Gasteiger partial charge is 0.229 e. The minimum Gasteiger partial charge on any atom is -0.368 e. The lowest BCUT2D eigenvalue weighted by Gasteiger charge is -2.11. The Kier molecular flexibility index (Phi) is 3.08. The second-order valence-corrected chi connectivity index (χ2v) is 4.21. The standard InChI is InChI=1S/C12H17N3O/c1-3-4-9-7-14-11-10(15-12(9)16)8(2)5-6-13-11/h5-6,9H,3-4,7H2,1-2H3,(H,13,14)(H,15,16). The molecule has 86 valence electrons. The maximum Gasteiger partial charge on any atom is 0.229 e. The summed E-state index contributed by atoms with van der Waals surface area (Å²) in [5.41, 5.74) is 1.87. The predicted octanol–water partition coefficient (Wildman–Crippen LogP) is 2.17. The van der Waals surface area contributed by atoms with Crippen LogP contribution in [0.15, 0.2) is 12.3 Å². The number of pyridine rings is 1. The Morgan fingerprint density at radius 2 is 2.38 bits per heavy atom. The van der Waals surface area contributed by atoms with E-state index in [-0.39, 0.29) is 11.8 Å². The van der Waals surface area contributed by atoms with E-state index in [4.69, 9.17) is 0 Å². The van der Waals surface area contributed by atoms with Crippen LogP contribution in [0.1, 0.15) is 25.3 Å². The molecule has 0 radical (unpaired) electrons. The van der Waals surface area contributed by atoms with Gasteiger partial charge in [-0.15, -0.1) is 0 Å². The molecule has 0 fully saturated rings. The summed E-state index contributed by atoms with van der Waals surface area (Å²) < 4.78 is 0. The second-order valence-electron chi connectivity index (χ2n) is 4.21. The maximum atomic E-state index is 11.9. The number of amides is 1. The molecule has 1 aromatic heterocycles. The number of nitrogens with one attached hydrogen (secondary N) is 2. The molecule has 1 amide bonds. The van der Waals surface area contributed by atoms with E-state index in [1.807, 2.05) is 13.0 Å². The molecule has 4 nitrogen and oxygen atoms in total. The number of hydrogen-bond acceptors (Lipinski definition) is 3. The molecular formula is C12H17N3O. The van der Waals surface area contributed by atoms with Crippen molar-refractivity contribution in [2.75, 3.05) is 17.2 Å². The summed E-state index contributed by atoms with van der Waals surface area (Å²) in [6.45, 7) is 4.74. The monoisotopic (exact) mass is 219 g/mol. The lowest BCUT2D eigenvalue weighted by Crippen LogP contribution is -2.25. The van der Waals surface area contributed by atoms with Crippen LogP contribution in [0.2, 0.25) is 0 Å². The van der Waals surface area contributed by atoms with Crippen molar-refractivity contribution in [1.29, 1.82) is 0 Å². The molecular weight excluding hydrogens is 202 g/mol. The Bertz CT molecular complexity index is 403. The molecule has 2 N–H and O–H groups in total. The van der Waals surface area contributed by atoms with Gasteiger partial charge in [-0.3, -0.25) is 4.79 Å². The SMILES string of the molecule is CCCC1CNc2nccc(C)c2NC1=O. The fourth-order valence-corrected chi connectivity index (χ4v) is 1.97. The Balaban J connectivity index is 2.26. The number of anilines is 2. The third kappa shape index (κ3) is 2.01. The molecule has 1 aromatic rings. The quantitative estimate of drug-likeness (QED) is 0.801. The highest BCUT2D eigenvalue weighted by Gasteiger charge is 2.23. The molecule has 0 spiro atoms. The van der Waals surface area contributed by atoms with Gasteiger partial charge in [0.25, 0.3) is 0 Å². The van der Waals surface area contributed by atoms with E-state index in [1.54, 1.807) is 6.20 Å². The van der Waals surface area contributed by atoms with Crippen molar-refractivity contribution in [3.8, 4) is 0 Å². The molecule has 2 heterocycles. The second kappa shape index (κ2) is 4.51. The summed E-state index contributed by atoms with van der Waals surface area (Å²) in [7, 11) is 0. The fourth-order valence-electron chi connectivity index (χ4n) is 1.97. The number of carbonyl (C=O) groups excluding carboxylic acids is 1. The Morgan fingerprint density at radius 3 is 3.12 bits per heavy atom. The van der Waals surface area contributed by atoms with Crippen molar-refractivity contribution in [2.45, 2.75) is 26.7 Å². The van der Waals surface area contributed by atoms with Crippen LogP contribution in [-0.2, 0) is 4.79 Å². The third-order valence-electron chi connectivity index (χ3n) is 2.93. The average Bonchev–Trinajstić information content (AvgIpc) is 2.42. The molecule has 4 heteroatoms. The van der Waals surface area contributed by atoms with E-state index in [0.29, 0.717) is 6.54 Å². The normalized spacial score (nSPS) is 19.4. The minimum absolute atomic E-state index is 0.0404. The van der Waals surface area contributed by atoms with Gasteiger partial charge in [0.15, 0.2) is 0 Å². The maximum absolute atomic E-state index is 11.9. The van der Waals surface area contributed by atoms with Gasteiger partial charge in [0, 0.05) is 12.7 Å². The number of fused-ring (bicyclic) bond motifs is 1. The van der Waals surface area contributed by atoms with Crippen LogP contribution in [0.5, 0.6) is 0 Å². The van der Waals surface area contributed by atoms with E-state index in [9.17, 15) is 4.79 Å². The fraction of sp³-hybridized carbons (Fsp3) is 0.500. The largest absolute Gasteiger partial charge is 0.368 e. The highest BCUT2D eigenvalue weighted by molar-refractivity contribution is 5.97. The summed E-state index contributed by atoms with van der Waals surface area (Å²) in [6, 6.07) is 1.90. The zero-order valence-corrected chi connectivity index (χ0v) is 9.71. The van der Waals surface area contributed by atoms with E-state index in [0.717, 1.165) is 29.9 Å². The van der Waals surface area contributed by atoms with Crippen LogP contribution in [0, 0.1) is 12.8 Å². The van der Waals surface area contributed by atoms with Gasteiger partial charge in [-0.2, -0.15) is 0 Å². The molecule has 0 aliphatic carbocycles. The number of hydrogen-bond donors (Lipinski definition) is 2. The zero-order valence-electron chi connectivity index (χ0n) is 9.71. The highest BCUT2D eigenvalue weighted by Crippen LogP contribution is 2.27. The first-order valence-corrected chi connectivity index (χ1v) is 5.72. The number of carbonyl (C=O) groups is 1. The lowest BCUT2D eigenvalue weighted by molar-refractivity contribution is -0.119. The van der Waals surface area contributed by atoms with E-state index in [2.05, 4.69) is 22.5 Å². The summed E-state index contributed by atoms with van der Waals surface area (Å²) in [6.07, 6.45) is 3.68. The van der Waals surface area contributed by atoms with Gasteiger partial charge in [-0.25, -0.2) is 4.98 Å². The van der Waals surface area contributed by atoms with Crippen molar-refractivity contribution in [3.05, 3.63) is 17.8 Å². The molecule has 1 aliphatic heterocycles.